The van der Waals surface area contributed by atoms with Gasteiger partial charge in [-0.15, -0.1) is 0 Å². The van der Waals surface area contributed by atoms with Gasteiger partial charge in [0, 0.05) is 53.4 Å². The van der Waals surface area contributed by atoms with Gasteiger partial charge in [0.25, 0.3) is 0 Å². The number of H-pyrrole nitrogens is 1. The van der Waals surface area contributed by atoms with Crippen molar-refractivity contribution in [1.82, 2.24) is 32.7 Å². The Kier molecular flexibility index (Phi) is 7.18. The molecule has 0 amide bonds. The van der Waals surface area contributed by atoms with Crippen molar-refractivity contribution >= 4 is 28.5 Å². The fourth-order valence-corrected chi connectivity index (χ4v) is 5.43. The third-order valence-electron chi connectivity index (χ3n) is 6.60. The number of aryl methyl sites for hydroxylation is 1. The van der Waals surface area contributed by atoms with Crippen LogP contribution in [-0.4, -0.2) is 32.7 Å². The quantitative estimate of drug-likeness (QED) is 0.160. The number of aromatic amines is 1. The molecule has 2 aromatic carbocycles. The average molecular weight is 627 g/mol. The molecular formula is C30H27IN8. The first-order valence-corrected chi connectivity index (χ1v) is 13.6. The number of pyridine rings is 2. The Morgan fingerprint density at radius 1 is 0.923 bits per heavy atom. The average Bonchev–Trinajstić information content (AvgIpc) is 3.60. The molecule has 0 unspecified atom stereocenters. The van der Waals surface area contributed by atoms with E-state index in [2.05, 4.69) is 89.6 Å². The molecule has 0 bridgehead atoms. The number of aromatic nitrogens is 6. The number of hydrogen-bond donors (Lipinski definition) is 2. The lowest BCUT2D eigenvalue weighted by Gasteiger charge is -2.16. The Bertz CT molecular complexity index is 1760. The fourth-order valence-electron chi connectivity index (χ4n) is 4.74. The van der Waals surface area contributed by atoms with Crippen LogP contribution in [0.15, 0.2) is 91.4 Å². The molecule has 194 valence electrons. The van der Waals surface area contributed by atoms with E-state index in [1.54, 1.807) is 10.8 Å². The van der Waals surface area contributed by atoms with Gasteiger partial charge in [-0.05, 0) is 59.5 Å². The van der Waals surface area contributed by atoms with E-state index in [1.165, 1.54) is 16.7 Å². The molecule has 0 aliphatic carbocycles. The van der Waals surface area contributed by atoms with Gasteiger partial charge in [0.05, 0.1) is 23.6 Å². The maximum absolute atomic E-state index is 5.90. The van der Waals surface area contributed by atoms with Crippen molar-refractivity contribution in [2.24, 2.45) is 5.73 Å². The number of halogens is 1. The van der Waals surface area contributed by atoms with Gasteiger partial charge in [0.2, 0.25) is 0 Å². The zero-order valence-electron chi connectivity index (χ0n) is 21.4. The number of imidazole rings is 1. The van der Waals surface area contributed by atoms with E-state index in [1.807, 2.05) is 43.5 Å². The van der Waals surface area contributed by atoms with Crippen LogP contribution >= 0.6 is 22.9 Å². The van der Waals surface area contributed by atoms with Crippen LogP contribution in [0.5, 0.6) is 0 Å². The molecule has 39 heavy (non-hydrogen) atoms. The summed E-state index contributed by atoms with van der Waals surface area (Å²) in [5, 5.41) is 4.30. The van der Waals surface area contributed by atoms with Crippen molar-refractivity contribution in [3.63, 3.8) is 0 Å². The molecule has 0 atom stereocenters. The molecule has 4 heterocycles. The summed E-state index contributed by atoms with van der Waals surface area (Å²) in [6, 6.07) is 27.0. The lowest BCUT2D eigenvalue weighted by Crippen LogP contribution is -2.12. The predicted molar refractivity (Wildman–Crippen MR) is 162 cm³/mol. The Hall–Kier alpha value is -3.93. The smallest absolute Gasteiger partial charge is 0.155 e. The van der Waals surface area contributed by atoms with Crippen LogP contribution in [0.25, 0.3) is 39.4 Å². The topological polar surface area (TPSA) is 101 Å². The fraction of sp³-hybridized carbons (Fsp3) is 0.133. The second-order valence-electron chi connectivity index (χ2n) is 9.39. The highest BCUT2D eigenvalue weighted by atomic mass is 127. The molecule has 6 aromatic rings. The summed E-state index contributed by atoms with van der Waals surface area (Å²) in [5.41, 5.74) is 15.9. The normalized spacial score (nSPS) is 11.5. The molecule has 0 saturated heterocycles. The van der Waals surface area contributed by atoms with E-state index in [0.717, 1.165) is 51.9 Å². The van der Waals surface area contributed by atoms with Gasteiger partial charge in [0.1, 0.15) is 12.2 Å². The SMILES string of the molecule is Cc1cccc(-c2[nH]c(CN(I)Cc3ccccc3-c3cccc(CN)c3)nc2-c2ccc3ncnn3c2)n1. The maximum Gasteiger partial charge on any atom is 0.155 e. The van der Waals surface area contributed by atoms with E-state index < -0.39 is 0 Å². The van der Waals surface area contributed by atoms with Crippen molar-refractivity contribution < 1.29 is 0 Å². The Morgan fingerprint density at radius 2 is 1.79 bits per heavy atom. The van der Waals surface area contributed by atoms with Crippen molar-refractivity contribution in [3.05, 3.63) is 114 Å². The van der Waals surface area contributed by atoms with Crippen LogP contribution in [0.4, 0.5) is 0 Å². The first-order valence-electron chi connectivity index (χ1n) is 12.7. The summed E-state index contributed by atoms with van der Waals surface area (Å²) in [6.07, 6.45) is 3.51. The zero-order valence-corrected chi connectivity index (χ0v) is 23.6. The molecule has 0 aliphatic heterocycles. The van der Waals surface area contributed by atoms with E-state index in [0.29, 0.717) is 13.1 Å². The highest BCUT2D eigenvalue weighted by Gasteiger charge is 2.18. The molecule has 4 aromatic heterocycles. The second-order valence-corrected chi connectivity index (χ2v) is 10.8. The number of nitrogens with one attached hydrogen (secondary N) is 1. The van der Waals surface area contributed by atoms with Gasteiger partial charge in [-0.1, -0.05) is 48.5 Å². The zero-order chi connectivity index (χ0) is 26.8. The van der Waals surface area contributed by atoms with E-state index >= 15 is 0 Å². The van der Waals surface area contributed by atoms with Crippen LogP contribution in [0.1, 0.15) is 22.6 Å². The highest BCUT2D eigenvalue weighted by molar-refractivity contribution is 14.1. The third-order valence-corrected chi connectivity index (χ3v) is 7.28. The van der Waals surface area contributed by atoms with Gasteiger partial charge in [-0.25, -0.2) is 17.6 Å². The first-order chi connectivity index (χ1) is 19.1. The van der Waals surface area contributed by atoms with Gasteiger partial charge in [-0.2, -0.15) is 5.10 Å². The molecule has 8 nitrogen and oxygen atoms in total. The molecule has 0 aliphatic rings. The molecule has 0 spiro atoms. The van der Waals surface area contributed by atoms with Gasteiger partial charge >= 0.3 is 0 Å². The minimum Gasteiger partial charge on any atom is -0.339 e. The van der Waals surface area contributed by atoms with Crippen LogP contribution < -0.4 is 5.73 Å². The Labute approximate surface area is 240 Å². The third kappa shape index (κ3) is 5.47. The largest absolute Gasteiger partial charge is 0.339 e. The van der Waals surface area contributed by atoms with Gasteiger partial charge in [-0.3, -0.25) is 4.98 Å². The minimum absolute atomic E-state index is 0.525. The number of fused-ring (bicyclic) bond motifs is 1. The number of rotatable bonds is 8. The summed E-state index contributed by atoms with van der Waals surface area (Å²) in [7, 11) is 0. The monoisotopic (exact) mass is 626 g/mol. The minimum atomic E-state index is 0.525. The van der Waals surface area contributed by atoms with Crippen LogP contribution in [-0.2, 0) is 19.6 Å². The highest BCUT2D eigenvalue weighted by Crippen LogP contribution is 2.31. The van der Waals surface area contributed by atoms with Crippen LogP contribution in [0.2, 0.25) is 0 Å². The summed E-state index contributed by atoms with van der Waals surface area (Å²) in [5.74, 6) is 0.860. The summed E-state index contributed by atoms with van der Waals surface area (Å²) in [4.78, 5) is 17.6. The maximum atomic E-state index is 5.90. The van der Waals surface area contributed by atoms with E-state index in [-0.39, 0.29) is 0 Å². The molecule has 0 radical (unpaired) electrons. The lowest BCUT2D eigenvalue weighted by molar-refractivity contribution is 0.490. The van der Waals surface area contributed by atoms with Gasteiger partial charge < -0.3 is 10.7 Å². The number of nitrogens with zero attached hydrogens (tertiary/aromatic N) is 6. The molecule has 3 N–H and O–H groups in total. The van der Waals surface area contributed by atoms with Gasteiger partial charge in [0.15, 0.2) is 5.65 Å². The molecule has 0 fully saturated rings. The number of benzene rings is 2. The van der Waals surface area contributed by atoms with Crippen molar-refractivity contribution in [3.8, 4) is 33.8 Å². The number of hydrogen-bond acceptors (Lipinski definition) is 6. The Balaban J connectivity index is 1.31. The molecule has 0 saturated carbocycles. The van der Waals surface area contributed by atoms with Crippen molar-refractivity contribution in [1.29, 1.82) is 0 Å². The molecule has 6 rings (SSSR count). The van der Waals surface area contributed by atoms with E-state index in [4.69, 9.17) is 15.7 Å². The van der Waals surface area contributed by atoms with Crippen LogP contribution in [0, 0.1) is 6.92 Å². The lowest BCUT2D eigenvalue weighted by atomic mass is 9.98. The van der Waals surface area contributed by atoms with E-state index in [9.17, 15) is 0 Å². The Morgan fingerprint density at radius 3 is 2.67 bits per heavy atom. The molecule has 9 heteroatoms. The van der Waals surface area contributed by atoms with Crippen molar-refractivity contribution in [2.45, 2.75) is 26.6 Å². The first kappa shape index (κ1) is 25.4. The summed E-state index contributed by atoms with van der Waals surface area (Å²) < 4.78 is 4.00. The molecular weight excluding hydrogens is 599 g/mol. The van der Waals surface area contributed by atoms with Crippen molar-refractivity contribution in [2.75, 3.05) is 0 Å². The standard InChI is InChI=1S/C30H27IN8/c1-20-6-4-11-26(35-20)30-29(24-12-13-28-33-19-34-39(28)17-24)36-27(37-30)18-38(31)16-23-8-2-3-10-25(23)22-9-5-7-21(14-22)15-32/h2-14,17,19H,15-16,18,32H2,1H3,(H,36,37). The predicted octanol–water partition coefficient (Wildman–Crippen LogP) is 5.97. The number of nitrogens with two attached hydrogens (primary N) is 1. The summed E-state index contributed by atoms with van der Waals surface area (Å²) in [6.45, 7) is 3.90. The summed E-state index contributed by atoms with van der Waals surface area (Å²) >= 11 is 2.38. The van der Waals surface area contributed by atoms with Crippen LogP contribution in [0.3, 0.4) is 0 Å². The second kappa shape index (κ2) is 11.0.